The van der Waals surface area contributed by atoms with Gasteiger partial charge >= 0.3 is 0 Å². The van der Waals surface area contributed by atoms with Crippen molar-refractivity contribution >= 4 is 17.4 Å². The number of ketones is 1. The van der Waals surface area contributed by atoms with Crippen molar-refractivity contribution in [3.05, 3.63) is 64.2 Å². The van der Waals surface area contributed by atoms with Crippen LogP contribution >= 0.6 is 11.6 Å². The minimum Gasteiger partial charge on any atom is -0.497 e. The van der Waals surface area contributed by atoms with Crippen LogP contribution in [0.1, 0.15) is 21.5 Å². The van der Waals surface area contributed by atoms with Crippen LogP contribution in [-0.4, -0.2) is 12.9 Å². The maximum Gasteiger partial charge on any atom is 0.166 e. The minimum absolute atomic E-state index is 0.0262. The van der Waals surface area contributed by atoms with Crippen LogP contribution in [-0.2, 0) is 12.8 Å². The lowest BCUT2D eigenvalue weighted by Crippen LogP contribution is -2.12. The number of Topliss-reactive ketones (excluding diaryl/α,β-unsaturated/α-hetero) is 1. The molecular weight excluding hydrogens is 272 g/mol. The molecule has 0 aromatic heterocycles. The van der Waals surface area contributed by atoms with Crippen LogP contribution in [0.15, 0.2) is 42.5 Å². The van der Waals surface area contributed by atoms with Gasteiger partial charge < -0.3 is 4.74 Å². The van der Waals surface area contributed by atoms with Crippen molar-refractivity contribution in [3.63, 3.8) is 0 Å². The van der Waals surface area contributed by atoms with E-state index in [1.165, 1.54) is 0 Å². The molecule has 0 saturated heterocycles. The Morgan fingerprint density at radius 2 is 1.95 bits per heavy atom. The molecular formula is C17H15ClO2. The number of halogens is 1. The van der Waals surface area contributed by atoms with Gasteiger partial charge in [-0.3, -0.25) is 4.79 Å². The molecule has 20 heavy (non-hydrogen) atoms. The first-order valence-corrected chi connectivity index (χ1v) is 7.01. The van der Waals surface area contributed by atoms with Crippen molar-refractivity contribution in [1.29, 1.82) is 0 Å². The summed E-state index contributed by atoms with van der Waals surface area (Å²) < 4.78 is 5.22. The molecule has 0 fully saturated rings. The largest absolute Gasteiger partial charge is 0.497 e. The second kappa shape index (κ2) is 5.29. The number of benzene rings is 2. The van der Waals surface area contributed by atoms with Crippen LogP contribution < -0.4 is 4.74 Å². The van der Waals surface area contributed by atoms with Crippen LogP contribution in [0.2, 0.25) is 5.02 Å². The number of hydrogen-bond donors (Lipinski definition) is 0. The van der Waals surface area contributed by atoms with Crippen LogP contribution in [0.3, 0.4) is 0 Å². The summed E-state index contributed by atoms with van der Waals surface area (Å²) >= 11 is 5.88. The van der Waals surface area contributed by atoms with E-state index in [9.17, 15) is 4.79 Å². The first kappa shape index (κ1) is 13.2. The molecule has 1 atom stereocenters. The monoisotopic (exact) mass is 286 g/mol. The van der Waals surface area contributed by atoms with Gasteiger partial charge in [-0.2, -0.15) is 0 Å². The standard InChI is InChI=1S/C17H15ClO2/c1-20-15-6-7-16-12(10-15)9-13(17(16)19)8-11-2-4-14(18)5-3-11/h2-7,10,13H,8-9H2,1H3. The molecule has 2 nitrogen and oxygen atoms in total. The highest BCUT2D eigenvalue weighted by Gasteiger charge is 2.30. The number of rotatable bonds is 3. The molecule has 0 spiro atoms. The summed E-state index contributed by atoms with van der Waals surface area (Å²) in [6, 6.07) is 13.4. The Bertz CT molecular complexity index is 647. The first-order chi connectivity index (χ1) is 9.67. The third kappa shape index (κ3) is 2.44. The summed E-state index contributed by atoms with van der Waals surface area (Å²) in [6.07, 6.45) is 1.54. The zero-order chi connectivity index (χ0) is 14.1. The molecule has 0 bridgehead atoms. The molecule has 3 heteroatoms. The van der Waals surface area contributed by atoms with E-state index in [0.717, 1.165) is 40.3 Å². The second-order valence-electron chi connectivity index (χ2n) is 5.12. The number of hydrogen-bond acceptors (Lipinski definition) is 2. The minimum atomic E-state index is 0.0262. The van der Waals surface area contributed by atoms with Crippen LogP contribution in [0.25, 0.3) is 0 Å². The summed E-state index contributed by atoms with van der Waals surface area (Å²) in [4.78, 5) is 12.4. The van der Waals surface area contributed by atoms with E-state index in [4.69, 9.17) is 16.3 Å². The van der Waals surface area contributed by atoms with Crippen LogP contribution in [0.5, 0.6) is 5.75 Å². The predicted molar refractivity (Wildman–Crippen MR) is 79.7 cm³/mol. The third-order valence-electron chi connectivity index (χ3n) is 3.81. The second-order valence-corrected chi connectivity index (χ2v) is 5.56. The first-order valence-electron chi connectivity index (χ1n) is 6.63. The van der Waals surface area contributed by atoms with Gasteiger partial charge in [0.1, 0.15) is 5.75 Å². The molecule has 0 saturated carbocycles. The van der Waals surface area contributed by atoms with E-state index < -0.39 is 0 Å². The lowest BCUT2D eigenvalue weighted by atomic mass is 9.96. The highest BCUT2D eigenvalue weighted by atomic mass is 35.5. The van der Waals surface area contributed by atoms with Gasteiger partial charge in [0, 0.05) is 16.5 Å². The van der Waals surface area contributed by atoms with Gasteiger partial charge in [0.05, 0.1) is 7.11 Å². The maximum absolute atomic E-state index is 12.4. The van der Waals surface area contributed by atoms with E-state index in [-0.39, 0.29) is 11.7 Å². The molecule has 2 aromatic rings. The van der Waals surface area contributed by atoms with Gasteiger partial charge in [0.25, 0.3) is 0 Å². The average molecular weight is 287 g/mol. The Labute approximate surface area is 123 Å². The molecule has 0 aliphatic heterocycles. The number of methoxy groups -OCH3 is 1. The van der Waals surface area contributed by atoms with Crippen LogP contribution in [0.4, 0.5) is 0 Å². The van der Waals surface area contributed by atoms with Gasteiger partial charge in [0.15, 0.2) is 5.78 Å². The van der Waals surface area contributed by atoms with E-state index in [2.05, 4.69) is 0 Å². The number of ether oxygens (including phenoxy) is 1. The normalized spacial score (nSPS) is 17.1. The molecule has 3 rings (SSSR count). The van der Waals surface area contributed by atoms with Crippen molar-refractivity contribution in [1.82, 2.24) is 0 Å². The van der Waals surface area contributed by atoms with Crippen molar-refractivity contribution < 1.29 is 9.53 Å². The number of fused-ring (bicyclic) bond motifs is 1. The Kier molecular flexibility index (Phi) is 3.49. The molecule has 0 radical (unpaired) electrons. The zero-order valence-electron chi connectivity index (χ0n) is 11.2. The maximum atomic E-state index is 12.4. The van der Waals surface area contributed by atoms with Crippen molar-refractivity contribution in [2.75, 3.05) is 7.11 Å². The summed E-state index contributed by atoms with van der Waals surface area (Å²) in [5.74, 6) is 1.07. The smallest absolute Gasteiger partial charge is 0.166 e. The summed E-state index contributed by atoms with van der Waals surface area (Å²) in [6.45, 7) is 0. The molecule has 0 amide bonds. The summed E-state index contributed by atoms with van der Waals surface area (Å²) in [7, 11) is 1.64. The topological polar surface area (TPSA) is 26.3 Å². The summed E-state index contributed by atoms with van der Waals surface area (Å²) in [5, 5.41) is 0.722. The molecule has 102 valence electrons. The lowest BCUT2D eigenvalue weighted by Gasteiger charge is -2.07. The Morgan fingerprint density at radius 3 is 2.65 bits per heavy atom. The number of carbonyl (C=O) groups excluding carboxylic acids is 1. The van der Waals surface area contributed by atoms with Crippen molar-refractivity contribution in [2.24, 2.45) is 5.92 Å². The van der Waals surface area contributed by atoms with Gasteiger partial charge in [-0.15, -0.1) is 0 Å². The van der Waals surface area contributed by atoms with Gasteiger partial charge in [-0.25, -0.2) is 0 Å². The molecule has 2 aromatic carbocycles. The molecule has 1 unspecified atom stereocenters. The highest BCUT2D eigenvalue weighted by molar-refractivity contribution is 6.30. The van der Waals surface area contributed by atoms with Gasteiger partial charge in [-0.05, 0) is 54.3 Å². The van der Waals surface area contributed by atoms with E-state index in [1.807, 2.05) is 42.5 Å². The van der Waals surface area contributed by atoms with Crippen molar-refractivity contribution in [3.8, 4) is 5.75 Å². The Morgan fingerprint density at radius 1 is 1.20 bits per heavy atom. The molecule has 1 aliphatic carbocycles. The fourth-order valence-corrected chi connectivity index (χ4v) is 2.88. The van der Waals surface area contributed by atoms with Crippen molar-refractivity contribution in [2.45, 2.75) is 12.8 Å². The SMILES string of the molecule is COc1ccc2c(c1)CC(Cc1ccc(Cl)cc1)C2=O. The third-order valence-corrected chi connectivity index (χ3v) is 4.06. The highest BCUT2D eigenvalue weighted by Crippen LogP contribution is 2.31. The fraction of sp³-hybridized carbons (Fsp3) is 0.235. The summed E-state index contributed by atoms with van der Waals surface area (Å²) in [5.41, 5.74) is 3.07. The molecule has 1 aliphatic rings. The average Bonchev–Trinajstić information content (AvgIpc) is 2.77. The number of carbonyl (C=O) groups is 1. The van der Waals surface area contributed by atoms with E-state index in [0.29, 0.717) is 0 Å². The van der Waals surface area contributed by atoms with Gasteiger partial charge in [0.2, 0.25) is 0 Å². The Balaban J connectivity index is 1.81. The van der Waals surface area contributed by atoms with E-state index >= 15 is 0 Å². The molecule has 0 heterocycles. The van der Waals surface area contributed by atoms with E-state index in [1.54, 1.807) is 7.11 Å². The Hall–Kier alpha value is -1.80. The predicted octanol–water partition coefficient (Wildman–Crippen LogP) is 3.95. The van der Waals surface area contributed by atoms with Crippen LogP contribution in [0, 0.1) is 5.92 Å². The fourth-order valence-electron chi connectivity index (χ4n) is 2.75. The van der Waals surface area contributed by atoms with Gasteiger partial charge in [-0.1, -0.05) is 23.7 Å². The molecule has 0 N–H and O–H groups in total. The lowest BCUT2D eigenvalue weighted by molar-refractivity contribution is 0.0936. The zero-order valence-corrected chi connectivity index (χ0v) is 12.0. The quantitative estimate of drug-likeness (QED) is 0.854.